The zero-order valence-electron chi connectivity index (χ0n) is 14.2. The summed E-state index contributed by atoms with van der Waals surface area (Å²) in [6.45, 7) is 0.475. The van der Waals surface area contributed by atoms with Gasteiger partial charge >= 0.3 is 0 Å². The normalized spacial score (nSPS) is 19.3. The highest BCUT2D eigenvalue weighted by molar-refractivity contribution is 6.01. The summed E-state index contributed by atoms with van der Waals surface area (Å²) in [5.74, 6) is 3.53. The number of fused-ring (bicyclic) bond motifs is 2. The first kappa shape index (κ1) is 15.2. The van der Waals surface area contributed by atoms with E-state index in [1.54, 1.807) is 7.11 Å². The summed E-state index contributed by atoms with van der Waals surface area (Å²) >= 11 is 0. The van der Waals surface area contributed by atoms with Gasteiger partial charge in [-0.25, -0.2) is 0 Å². The Labute approximate surface area is 150 Å². The number of nitrogens with zero attached hydrogens (tertiary/aromatic N) is 1. The van der Waals surface area contributed by atoms with E-state index in [0.29, 0.717) is 23.7 Å². The number of ether oxygens (including phenoxy) is 5. The van der Waals surface area contributed by atoms with E-state index in [4.69, 9.17) is 28.5 Å². The van der Waals surface area contributed by atoms with Crippen LogP contribution in [-0.4, -0.2) is 32.5 Å². The van der Waals surface area contributed by atoms with Crippen molar-refractivity contribution in [2.75, 3.05) is 20.7 Å². The second kappa shape index (κ2) is 6.01. The summed E-state index contributed by atoms with van der Waals surface area (Å²) in [4.78, 5) is 5.64. The van der Waals surface area contributed by atoms with Crippen molar-refractivity contribution in [1.82, 2.24) is 0 Å². The third kappa shape index (κ3) is 2.56. The molecule has 0 saturated heterocycles. The number of rotatable bonds is 4. The summed E-state index contributed by atoms with van der Waals surface area (Å²) in [6, 6.07) is 9.73. The predicted molar refractivity (Wildman–Crippen MR) is 91.4 cm³/mol. The van der Waals surface area contributed by atoms with Crippen LogP contribution in [0.3, 0.4) is 0 Å². The number of methoxy groups -OCH3 is 1. The molecule has 7 nitrogen and oxygen atoms in total. The van der Waals surface area contributed by atoms with Crippen molar-refractivity contribution in [1.29, 1.82) is 0 Å². The molecule has 1 atom stereocenters. The van der Waals surface area contributed by atoms with Crippen LogP contribution in [0.25, 0.3) is 0 Å². The molecule has 2 aromatic rings. The average molecular weight is 355 g/mol. The fourth-order valence-electron chi connectivity index (χ4n) is 3.35. The maximum atomic E-state index is 5.64. The summed E-state index contributed by atoms with van der Waals surface area (Å²) < 4.78 is 27.1. The molecule has 0 aromatic heterocycles. The molecule has 0 amide bonds. The van der Waals surface area contributed by atoms with Crippen molar-refractivity contribution in [2.45, 2.75) is 18.9 Å². The van der Waals surface area contributed by atoms with Crippen LogP contribution >= 0.6 is 0 Å². The fourth-order valence-corrected chi connectivity index (χ4v) is 3.35. The van der Waals surface area contributed by atoms with Crippen molar-refractivity contribution in [2.24, 2.45) is 5.16 Å². The van der Waals surface area contributed by atoms with Crippen LogP contribution in [0.15, 0.2) is 35.5 Å². The zero-order valence-corrected chi connectivity index (χ0v) is 14.2. The lowest BCUT2D eigenvalue weighted by Gasteiger charge is -2.11. The molecule has 3 aliphatic heterocycles. The number of oxime groups is 1. The molecular formula is C19H17NO6. The Balaban J connectivity index is 1.31. The third-order valence-electron chi connectivity index (χ3n) is 4.62. The van der Waals surface area contributed by atoms with Crippen molar-refractivity contribution in [3.8, 4) is 28.7 Å². The van der Waals surface area contributed by atoms with E-state index in [-0.39, 0.29) is 19.7 Å². The Morgan fingerprint density at radius 1 is 1.00 bits per heavy atom. The maximum absolute atomic E-state index is 5.64. The lowest BCUT2D eigenvalue weighted by Crippen LogP contribution is -2.12. The van der Waals surface area contributed by atoms with Gasteiger partial charge in [-0.15, -0.1) is 0 Å². The summed E-state index contributed by atoms with van der Waals surface area (Å²) in [6.07, 6.45) is 1.38. The first-order valence-corrected chi connectivity index (χ1v) is 8.39. The molecular weight excluding hydrogens is 338 g/mol. The van der Waals surface area contributed by atoms with Gasteiger partial charge in [-0.2, -0.15) is 0 Å². The molecule has 2 aromatic carbocycles. The van der Waals surface area contributed by atoms with Gasteiger partial charge in [-0.05, 0) is 35.9 Å². The van der Waals surface area contributed by atoms with Crippen molar-refractivity contribution < 1.29 is 28.5 Å². The van der Waals surface area contributed by atoms with E-state index in [1.807, 2.05) is 30.3 Å². The molecule has 5 rings (SSSR count). The molecule has 0 fully saturated rings. The standard InChI is InChI=1S/C19H17NO6/c1-21-17-5-11(6-18-19(17)25-10-24-18)4-13-8-14(20-26-13)12-2-3-15-16(7-12)23-9-22-15/h2-3,5-7,13H,4,8-10H2,1H3. The van der Waals surface area contributed by atoms with Crippen LogP contribution in [0.2, 0.25) is 0 Å². The van der Waals surface area contributed by atoms with Crippen LogP contribution in [0.1, 0.15) is 17.5 Å². The summed E-state index contributed by atoms with van der Waals surface area (Å²) in [7, 11) is 1.62. The molecule has 0 aliphatic carbocycles. The van der Waals surface area contributed by atoms with Gasteiger partial charge in [0.15, 0.2) is 23.0 Å². The maximum Gasteiger partial charge on any atom is 0.231 e. The second-order valence-electron chi connectivity index (χ2n) is 6.27. The molecule has 3 heterocycles. The van der Waals surface area contributed by atoms with Crippen molar-refractivity contribution >= 4 is 5.71 Å². The Bertz CT molecular complexity index is 894. The highest BCUT2D eigenvalue weighted by Crippen LogP contribution is 2.42. The first-order chi connectivity index (χ1) is 12.8. The van der Waals surface area contributed by atoms with Gasteiger partial charge in [0.25, 0.3) is 0 Å². The van der Waals surface area contributed by atoms with Crippen LogP contribution in [0.5, 0.6) is 28.7 Å². The van der Waals surface area contributed by atoms with Gasteiger partial charge in [0.2, 0.25) is 19.3 Å². The smallest absolute Gasteiger partial charge is 0.231 e. The van der Waals surface area contributed by atoms with Crippen molar-refractivity contribution in [3.05, 3.63) is 41.5 Å². The van der Waals surface area contributed by atoms with Crippen LogP contribution in [-0.2, 0) is 11.3 Å². The van der Waals surface area contributed by atoms with E-state index < -0.39 is 0 Å². The van der Waals surface area contributed by atoms with E-state index >= 15 is 0 Å². The Kier molecular flexibility index (Phi) is 3.51. The average Bonchev–Trinajstić information content (AvgIpc) is 3.40. The summed E-state index contributed by atoms with van der Waals surface area (Å²) in [5, 5.41) is 4.26. The minimum Gasteiger partial charge on any atom is -0.493 e. The molecule has 3 aliphatic rings. The van der Waals surface area contributed by atoms with Crippen molar-refractivity contribution in [3.63, 3.8) is 0 Å². The monoisotopic (exact) mass is 355 g/mol. The van der Waals surface area contributed by atoms with Gasteiger partial charge < -0.3 is 28.5 Å². The molecule has 26 heavy (non-hydrogen) atoms. The SMILES string of the molecule is COc1cc(CC2CC(c3ccc4c(c3)OCO4)=NO2)cc2c1OCO2. The highest BCUT2D eigenvalue weighted by atomic mass is 16.7. The number of benzene rings is 2. The topological polar surface area (TPSA) is 67.7 Å². The fraction of sp³-hybridized carbons (Fsp3) is 0.316. The van der Waals surface area contributed by atoms with E-state index in [1.165, 1.54) is 0 Å². The first-order valence-electron chi connectivity index (χ1n) is 8.39. The Hall–Kier alpha value is -3.09. The van der Waals surface area contributed by atoms with E-state index in [0.717, 1.165) is 34.8 Å². The molecule has 7 heteroatoms. The van der Waals surface area contributed by atoms with Gasteiger partial charge in [0.1, 0.15) is 6.10 Å². The van der Waals surface area contributed by atoms with Crippen LogP contribution in [0.4, 0.5) is 0 Å². The minimum atomic E-state index is -0.0412. The van der Waals surface area contributed by atoms with Gasteiger partial charge in [0, 0.05) is 18.4 Å². The Morgan fingerprint density at radius 3 is 2.77 bits per heavy atom. The molecule has 0 radical (unpaired) electrons. The van der Waals surface area contributed by atoms with E-state index in [9.17, 15) is 0 Å². The highest BCUT2D eigenvalue weighted by Gasteiger charge is 2.26. The molecule has 0 saturated carbocycles. The van der Waals surface area contributed by atoms with Gasteiger partial charge in [-0.3, -0.25) is 0 Å². The minimum absolute atomic E-state index is 0.0412. The predicted octanol–water partition coefficient (Wildman–Crippen LogP) is 2.89. The zero-order chi connectivity index (χ0) is 17.5. The van der Waals surface area contributed by atoms with Gasteiger partial charge in [-0.1, -0.05) is 5.16 Å². The molecule has 1 unspecified atom stereocenters. The Morgan fingerprint density at radius 2 is 1.85 bits per heavy atom. The number of hydrogen-bond donors (Lipinski definition) is 0. The number of hydrogen-bond acceptors (Lipinski definition) is 7. The third-order valence-corrected chi connectivity index (χ3v) is 4.62. The van der Waals surface area contributed by atoms with Crippen LogP contribution in [0, 0.1) is 0 Å². The largest absolute Gasteiger partial charge is 0.493 e. The van der Waals surface area contributed by atoms with Crippen LogP contribution < -0.4 is 23.7 Å². The lowest BCUT2D eigenvalue weighted by atomic mass is 9.99. The second-order valence-corrected chi connectivity index (χ2v) is 6.27. The van der Waals surface area contributed by atoms with Gasteiger partial charge in [0.05, 0.1) is 12.8 Å². The molecule has 0 N–H and O–H groups in total. The molecule has 0 bridgehead atoms. The lowest BCUT2D eigenvalue weighted by molar-refractivity contribution is 0.0858. The molecule has 134 valence electrons. The van der Waals surface area contributed by atoms with E-state index in [2.05, 4.69) is 5.16 Å². The summed E-state index contributed by atoms with van der Waals surface area (Å²) in [5.41, 5.74) is 2.94. The quantitative estimate of drug-likeness (QED) is 0.840. The molecule has 0 spiro atoms.